The van der Waals surface area contributed by atoms with Gasteiger partial charge in [-0.3, -0.25) is 9.59 Å². The van der Waals surface area contributed by atoms with E-state index < -0.39 is 0 Å². The summed E-state index contributed by atoms with van der Waals surface area (Å²) in [4.78, 5) is 30.3. The van der Waals surface area contributed by atoms with E-state index in [9.17, 15) is 9.59 Å². The first kappa shape index (κ1) is 18.9. The number of hydrogen-bond acceptors (Lipinski definition) is 3. The molecule has 0 saturated carbocycles. The van der Waals surface area contributed by atoms with Gasteiger partial charge in [0.25, 0.3) is 11.8 Å². The molecule has 0 aliphatic carbocycles. The van der Waals surface area contributed by atoms with Crippen molar-refractivity contribution in [1.82, 2.24) is 19.8 Å². The van der Waals surface area contributed by atoms with Gasteiger partial charge < -0.3 is 24.5 Å². The smallest absolute Gasteiger partial charge is 0.270 e. The van der Waals surface area contributed by atoms with Crippen LogP contribution in [0.2, 0.25) is 0 Å². The van der Waals surface area contributed by atoms with Crippen LogP contribution in [0.4, 0.5) is 0 Å². The fraction of sp³-hybridized carbons (Fsp3) is 0.391. The monoisotopic (exact) mass is 406 g/mol. The maximum atomic E-state index is 12.9. The number of likely N-dealkylation sites (tertiary alicyclic amines) is 1. The summed E-state index contributed by atoms with van der Waals surface area (Å²) in [5.41, 5.74) is 1.98. The summed E-state index contributed by atoms with van der Waals surface area (Å²) < 4.78 is 7.91. The summed E-state index contributed by atoms with van der Waals surface area (Å²) in [6.07, 6.45) is 3.68. The normalized spacial score (nSPS) is 19.9. The van der Waals surface area contributed by atoms with Crippen LogP contribution in [0.15, 0.2) is 48.7 Å². The van der Waals surface area contributed by atoms with E-state index in [-0.39, 0.29) is 17.4 Å². The number of benzene rings is 1. The first-order valence-corrected chi connectivity index (χ1v) is 10.5. The first-order chi connectivity index (χ1) is 14.6. The molecule has 1 spiro atoms. The van der Waals surface area contributed by atoms with E-state index in [1.54, 1.807) is 0 Å². The Bertz CT molecular complexity index is 1060. The number of aromatic nitrogens is 2. The van der Waals surface area contributed by atoms with Crippen LogP contribution in [0, 0.1) is 5.92 Å². The van der Waals surface area contributed by atoms with Gasteiger partial charge in [-0.05, 0) is 43.0 Å². The van der Waals surface area contributed by atoms with Gasteiger partial charge in [-0.25, -0.2) is 0 Å². The molecule has 30 heavy (non-hydrogen) atoms. The predicted octanol–water partition coefficient (Wildman–Crippen LogP) is 2.56. The second-order valence-corrected chi connectivity index (χ2v) is 8.38. The van der Waals surface area contributed by atoms with Gasteiger partial charge in [-0.2, -0.15) is 0 Å². The molecule has 1 atom stereocenters. The van der Waals surface area contributed by atoms with Gasteiger partial charge in [0.15, 0.2) is 0 Å². The van der Waals surface area contributed by atoms with Crippen molar-refractivity contribution < 1.29 is 14.3 Å². The van der Waals surface area contributed by atoms with Crippen molar-refractivity contribution in [1.29, 1.82) is 0 Å². The molecular formula is C23H26N4O3. The first-order valence-electron chi connectivity index (χ1n) is 10.5. The lowest BCUT2D eigenvalue weighted by molar-refractivity contribution is -0.118. The molecule has 4 heterocycles. The molecular weight excluding hydrogens is 380 g/mol. The number of carbonyl (C=O) groups excluding carboxylic acids is 2. The zero-order chi connectivity index (χ0) is 20.7. The van der Waals surface area contributed by atoms with Gasteiger partial charge in [0, 0.05) is 37.3 Å². The van der Waals surface area contributed by atoms with Crippen molar-refractivity contribution >= 4 is 22.7 Å². The Morgan fingerprint density at radius 3 is 2.83 bits per heavy atom. The Hall–Kier alpha value is -3.06. The quantitative estimate of drug-likeness (QED) is 0.684. The average Bonchev–Trinajstić information content (AvgIpc) is 3.43. The highest BCUT2D eigenvalue weighted by Crippen LogP contribution is 2.42. The van der Waals surface area contributed by atoms with Crippen LogP contribution >= 0.6 is 0 Å². The molecule has 2 aromatic heterocycles. The third-order valence-corrected chi connectivity index (χ3v) is 6.52. The molecule has 0 bridgehead atoms. The Labute approximate surface area is 175 Å². The predicted molar refractivity (Wildman–Crippen MR) is 113 cm³/mol. The summed E-state index contributed by atoms with van der Waals surface area (Å²) in [5.74, 6) is 0.306. The van der Waals surface area contributed by atoms with Gasteiger partial charge in [0.05, 0.1) is 13.1 Å². The Morgan fingerprint density at radius 1 is 1.23 bits per heavy atom. The number of rotatable bonds is 5. The standard InChI is InChI=1S/C23H26N4O3/c1-26-11-4-7-20(26)21(28)24-10-8-17-9-12-30-23(17)14-27(15-23)22(29)19-13-16-5-2-3-6-18(16)25-19/h2-7,11,13,17,25H,8-10,12,14-15H2,1H3,(H,24,28)/t17-/m0/s1. The van der Waals surface area contributed by atoms with E-state index in [1.807, 2.05) is 65.2 Å². The molecule has 3 aromatic rings. The molecule has 2 aliphatic heterocycles. The number of nitrogens with zero attached hydrogens (tertiary/aromatic N) is 2. The summed E-state index contributed by atoms with van der Waals surface area (Å²) in [6.45, 7) is 2.54. The molecule has 0 unspecified atom stereocenters. The highest BCUT2D eigenvalue weighted by molar-refractivity contribution is 5.98. The lowest BCUT2D eigenvalue weighted by Gasteiger charge is -2.50. The van der Waals surface area contributed by atoms with Crippen molar-refractivity contribution in [3.63, 3.8) is 0 Å². The molecule has 156 valence electrons. The van der Waals surface area contributed by atoms with Crippen molar-refractivity contribution in [2.24, 2.45) is 13.0 Å². The van der Waals surface area contributed by atoms with Gasteiger partial charge in [-0.15, -0.1) is 0 Å². The van der Waals surface area contributed by atoms with E-state index in [1.165, 1.54) is 0 Å². The third-order valence-electron chi connectivity index (χ3n) is 6.52. The van der Waals surface area contributed by atoms with Crippen molar-refractivity contribution in [2.45, 2.75) is 18.4 Å². The number of nitrogens with one attached hydrogen (secondary N) is 2. The van der Waals surface area contributed by atoms with Crippen LogP contribution in [0.5, 0.6) is 0 Å². The topological polar surface area (TPSA) is 79.4 Å². The van der Waals surface area contributed by atoms with E-state index in [0.29, 0.717) is 43.5 Å². The zero-order valence-corrected chi connectivity index (χ0v) is 17.1. The van der Waals surface area contributed by atoms with E-state index in [0.717, 1.165) is 23.7 Å². The number of carbonyl (C=O) groups is 2. The number of hydrogen-bond donors (Lipinski definition) is 2. The van der Waals surface area contributed by atoms with Gasteiger partial charge >= 0.3 is 0 Å². The molecule has 2 saturated heterocycles. The van der Waals surface area contributed by atoms with Gasteiger partial charge in [0.1, 0.15) is 17.0 Å². The largest absolute Gasteiger partial charge is 0.371 e. The van der Waals surface area contributed by atoms with Crippen LogP contribution in [0.25, 0.3) is 10.9 Å². The SMILES string of the molecule is Cn1cccc1C(=O)NCC[C@H]1CCOC12CN(C(=O)c1cc3ccccc3[nH]1)C2. The van der Waals surface area contributed by atoms with E-state index in [2.05, 4.69) is 10.3 Å². The molecule has 2 amide bonds. The van der Waals surface area contributed by atoms with Crippen LogP contribution in [-0.2, 0) is 11.8 Å². The third kappa shape index (κ3) is 3.19. The maximum Gasteiger partial charge on any atom is 0.270 e. The highest BCUT2D eigenvalue weighted by atomic mass is 16.5. The summed E-state index contributed by atoms with van der Waals surface area (Å²) in [7, 11) is 1.86. The summed E-state index contributed by atoms with van der Waals surface area (Å²) in [6, 6.07) is 13.5. The number of ether oxygens (including phenoxy) is 1. The number of H-pyrrole nitrogens is 1. The van der Waals surface area contributed by atoms with Crippen molar-refractivity contribution in [2.75, 3.05) is 26.2 Å². The van der Waals surface area contributed by atoms with Crippen LogP contribution in [0.1, 0.15) is 33.8 Å². The molecule has 2 N–H and O–H groups in total. The fourth-order valence-electron chi connectivity index (χ4n) is 4.79. The molecule has 1 aromatic carbocycles. The Morgan fingerprint density at radius 2 is 2.07 bits per heavy atom. The average molecular weight is 406 g/mol. The minimum atomic E-state index is -0.266. The van der Waals surface area contributed by atoms with Gasteiger partial charge in [-0.1, -0.05) is 18.2 Å². The van der Waals surface area contributed by atoms with Crippen LogP contribution < -0.4 is 5.32 Å². The molecule has 5 rings (SSSR count). The Balaban J connectivity index is 1.17. The number of fused-ring (bicyclic) bond motifs is 1. The Kier molecular flexibility index (Phi) is 4.62. The molecule has 7 nitrogen and oxygen atoms in total. The molecule has 0 radical (unpaired) electrons. The lowest BCUT2D eigenvalue weighted by Crippen LogP contribution is -2.66. The second-order valence-electron chi connectivity index (χ2n) is 8.38. The maximum absolute atomic E-state index is 12.9. The minimum absolute atomic E-state index is 0.0167. The van der Waals surface area contributed by atoms with E-state index in [4.69, 9.17) is 4.74 Å². The number of amides is 2. The number of aromatic amines is 1. The zero-order valence-electron chi connectivity index (χ0n) is 17.1. The number of aryl methyl sites for hydroxylation is 1. The van der Waals surface area contributed by atoms with Gasteiger partial charge in [0.2, 0.25) is 0 Å². The molecule has 7 heteroatoms. The van der Waals surface area contributed by atoms with E-state index >= 15 is 0 Å². The second kappa shape index (κ2) is 7.32. The van der Waals surface area contributed by atoms with Crippen molar-refractivity contribution in [3.8, 4) is 0 Å². The highest BCUT2D eigenvalue weighted by Gasteiger charge is 2.54. The van der Waals surface area contributed by atoms with Crippen LogP contribution in [-0.4, -0.2) is 58.1 Å². The fourth-order valence-corrected chi connectivity index (χ4v) is 4.79. The molecule has 2 aliphatic rings. The number of para-hydroxylation sites is 1. The lowest BCUT2D eigenvalue weighted by atomic mass is 9.78. The molecule has 2 fully saturated rings. The minimum Gasteiger partial charge on any atom is -0.371 e. The van der Waals surface area contributed by atoms with Crippen LogP contribution in [0.3, 0.4) is 0 Å². The summed E-state index contributed by atoms with van der Waals surface area (Å²) in [5, 5.41) is 4.05. The van der Waals surface area contributed by atoms with Crippen molar-refractivity contribution in [3.05, 3.63) is 60.0 Å². The summed E-state index contributed by atoms with van der Waals surface area (Å²) >= 11 is 0.